The summed E-state index contributed by atoms with van der Waals surface area (Å²) < 4.78 is 0.974. The van der Waals surface area contributed by atoms with Crippen LogP contribution in [0.1, 0.15) is 40.0 Å². The Hall–Kier alpha value is -0.830. The number of quaternary nitrogens is 1. The molecule has 0 rings (SSSR count). The number of hydrogen-bond acceptors (Lipinski definition) is 1. The topological polar surface area (TPSA) is 29.1 Å². The fourth-order valence-corrected chi connectivity index (χ4v) is 2.11. The third-order valence-corrected chi connectivity index (χ3v) is 3.32. The first kappa shape index (κ1) is 16.2. The van der Waals surface area contributed by atoms with Gasteiger partial charge in [-0.05, 0) is 32.8 Å². The predicted octanol–water partition coefficient (Wildman–Crippen LogP) is 2.33. The normalized spacial score (nSPS) is 14.2. The molecule has 0 fully saturated rings. The first-order valence-electron chi connectivity index (χ1n) is 6.38. The van der Waals surface area contributed by atoms with Gasteiger partial charge in [0.15, 0.2) is 0 Å². The molecular weight excluding hydrogens is 212 g/mol. The van der Waals surface area contributed by atoms with Crippen molar-refractivity contribution >= 4 is 5.91 Å². The van der Waals surface area contributed by atoms with E-state index in [-0.39, 0.29) is 11.4 Å². The van der Waals surface area contributed by atoms with E-state index in [9.17, 15) is 4.79 Å². The lowest BCUT2D eigenvalue weighted by molar-refractivity contribution is -0.896. The van der Waals surface area contributed by atoms with Crippen molar-refractivity contribution in [1.82, 2.24) is 5.32 Å². The van der Waals surface area contributed by atoms with E-state index in [0.717, 1.165) is 23.7 Å². The second kappa shape index (κ2) is 6.20. The van der Waals surface area contributed by atoms with Gasteiger partial charge in [0.05, 0.1) is 27.2 Å². The minimum atomic E-state index is -0.159. The van der Waals surface area contributed by atoms with Gasteiger partial charge in [-0.15, -0.1) is 0 Å². The first-order chi connectivity index (χ1) is 7.62. The van der Waals surface area contributed by atoms with Gasteiger partial charge in [0.1, 0.15) is 0 Å². The van der Waals surface area contributed by atoms with Crippen molar-refractivity contribution in [1.29, 1.82) is 0 Å². The standard InChI is InChI=1S/C14H28N2O/c1-8-12(16(5,6)7)10-11-14(3,4)15-13(17)9-2/h9,12H,2,8,10-11H2,1,3-7H3/p+1. The predicted molar refractivity (Wildman–Crippen MR) is 73.8 cm³/mol. The minimum absolute atomic E-state index is 0.0895. The highest BCUT2D eigenvalue weighted by Crippen LogP contribution is 2.19. The van der Waals surface area contributed by atoms with Crippen molar-refractivity contribution < 1.29 is 9.28 Å². The zero-order valence-electron chi connectivity index (χ0n) is 12.3. The molecule has 0 bridgehead atoms. The summed E-state index contributed by atoms with van der Waals surface area (Å²) in [5, 5.41) is 2.97. The molecule has 1 unspecified atom stereocenters. The molecular formula is C14H29N2O+. The lowest BCUT2D eigenvalue weighted by atomic mass is 9.93. The van der Waals surface area contributed by atoms with Gasteiger partial charge >= 0.3 is 0 Å². The Kier molecular flexibility index (Phi) is 5.89. The van der Waals surface area contributed by atoms with Crippen LogP contribution >= 0.6 is 0 Å². The third kappa shape index (κ3) is 6.47. The molecule has 0 aromatic rings. The van der Waals surface area contributed by atoms with Crippen molar-refractivity contribution in [3.63, 3.8) is 0 Å². The highest BCUT2D eigenvalue weighted by Gasteiger charge is 2.26. The number of carbonyl (C=O) groups is 1. The van der Waals surface area contributed by atoms with Crippen LogP contribution in [0.2, 0.25) is 0 Å². The lowest BCUT2D eigenvalue weighted by Gasteiger charge is -2.36. The lowest BCUT2D eigenvalue weighted by Crippen LogP contribution is -2.48. The summed E-state index contributed by atoms with van der Waals surface area (Å²) in [4.78, 5) is 11.3. The van der Waals surface area contributed by atoms with Crippen molar-refractivity contribution in [2.75, 3.05) is 21.1 Å². The Morgan fingerprint density at radius 1 is 1.41 bits per heavy atom. The summed E-state index contributed by atoms with van der Waals surface area (Å²) in [7, 11) is 6.68. The zero-order chi connectivity index (χ0) is 13.7. The number of amides is 1. The van der Waals surface area contributed by atoms with Crippen LogP contribution < -0.4 is 5.32 Å². The van der Waals surface area contributed by atoms with Gasteiger partial charge in [0, 0.05) is 12.0 Å². The van der Waals surface area contributed by atoms with Gasteiger partial charge < -0.3 is 9.80 Å². The Morgan fingerprint density at radius 3 is 2.29 bits per heavy atom. The molecule has 1 amide bonds. The third-order valence-electron chi connectivity index (χ3n) is 3.32. The van der Waals surface area contributed by atoms with Gasteiger partial charge in [-0.3, -0.25) is 4.79 Å². The monoisotopic (exact) mass is 241 g/mol. The largest absolute Gasteiger partial charge is 0.348 e. The Labute approximate surface area is 106 Å². The maximum atomic E-state index is 11.3. The summed E-state index contributed by atoms with van der Waals surface area (Å²) in [5.74, 6) is -0.0895. The molecule has 3 nitrogen and oxygen atoms in total. The van der Waals surface area contributed by atoms with E-state index in [1.54, 1.807) is 0 Å². The van der Waals surface area contributed by atoms with Crippen LogP contribution in [-0.4, -0.2) is 43.1 Å². The molecule has 1 atom stereocenters. The maximum absolute atomic E-state index is 11.3. The van der Waals surface area contributed by atoms with E-state index in [1.807, 2.05) is 0 Å². The van der Waals surface area contributed by atoms with E-state index in [1.165, 1.54) is 6.08 Å². The molecule has 0 aromatic carbocycles. The fourth-order valence-electron chi connectivity index (χ4n) is 2.11. The maximum Gasteiger partial charge on any atom is 0.243 e. The second-order valence-electron chi connectivity index (χ2n) is 6.29. The van der Waals surface area contributed by atoms with Crippen molar-refractivity contribution in [2.45, 2.75) is 51.6 Å². The summed E-state index contributed by atoms with van der Waals surface area (Å²) in [6.45, 7) is 9.84. The SMILES string of the molecule is C=CC(=O)NC(C)(C)CCC(CC)[N+](C)(C)C. The molecule has 0 aliphatic rings. The average molecular weight is 241 g/mol. The van der Waals surface area contributed by atoms with E-state index in [4.69, 9.17) is 0 Å². The number of nitrogens with zero attached hydrogens (tertiary/aromatic N) is 1. The minimum Gasteiger partial charge on any atom is -0.348 e. The Balaban J connectivity index is 4.33. The molecule has 3 heteroatoms. The van der Waals surface area contributed by atoms with Gasteiger partial charge in [-0.2, -0.15) is 0 Å². The van der Waals surface area contributed by atoms with Crippen LogP contribution in [-0.2, 0) is 4.79 Å². The molecule has 0 aliphatic carbocycles. The van der Waals surface area contributed by atoms with E-state index >= 15 is 0 Å². The van der Waals surface area contributed by atoms with Crippen LogP contribution in [0, 0.1) is 0 Å². The molecule has 0 saturated carbocycles. The molecule has 0 saturated heterocycles. The molecule has 0 aliphatic heterocycles. The van der Waals surface area contributed by atoms with Gasteiger partial charge in [0.25, 0.3) is 0 Å². The number of rotatable bonds is 7. The van der Waals surface area contributed by atoms with Crippen molar-refractivity contribution in [3.8, 4) is 0 Å². The van der Waals surface area contributed by atoms with Crippen molar-refractivity contribution in [3.05, 3.63) is 12.7 Å². The van der Waals surface area contributed by atoms with Crippen LogP contribution in [0.5, 0.6) is 0 Å². The van der Waals surface area contributed by atoms with Crippen LogP contribution in [0.3, 0.4) is 0 Å². The Bertz CT molecular complexity index is 264. The number of nitrogens with one attached hydrogen (secondary N) is 1. The highest BCUT2D eigenvalue weighted by atomic mass is 16.1. The van der Waals surface area contributed by atoms with E-state index in [2.05, 4.69) is 53.8 Å². The summed E-state index contributed by atoms with van der Waals surface area (Å²) in [5.41, 5.74) is -0.159. The second-order valence-corrected chi connectivity index (χ2v) is 6.29. The fraction of sp³-hybridized carbons (Fsp3) is 0.786. The van der Waals surface area contributed by atoms with E-state index in [0.29, 0.717) is 6.04 Å². The molecule has 0 radical (unpaired) electrons. The summed E-state index contributed by atoms with van der Waals surface area (Å²) >= 11 is 0. The zero-order valence-corrected chi connectivity index (χ0v) is 12.3. The molecule has 100 valence electrons. The van der Waals surface area contributed by atoms with Gasteiger partial charge in [-0.25, -0.2) is 0 Å². The molecule has 17 heavy (non-hydrogen) atoms. The van der Waals surface area contributed by atoms with Gasteiger partial charge in [0.2, 0.25) is 5.91 Å². The first-order valence-corrected chi connectivity index (χ1v) is 6.38. The summed E-state index contributed by atoms with van der Waals surface area (Å²) in [6, 6.07) is 0.634. The quantitative estimate of drug-likeness (QED) is 0.538. The van der Waals surface area contributed by atoms with Crippen molar-refractivity contribution in [2.24, 2.45) is 0 Å². The van der Waals surface area contributed by atoms with Gasteiger partial charge in [-0.1, -0.05) is 13.5 Å². The molecule has 0 aromatic heterocycles. The number of hydrogen-bond donors (Lipinski definition) is 1. The van der Waals surface area contributed by atoms with Crippen LogP contribution in [0.4, 0.5) is 0 Å². The van der Waals surface area contributed by atoms with Crippen LogP contribution in [0.15, 0.2) is 12.7 Å². The van der Waals surface area contributed by atoms with E-state index < -0.39 is 0 Å². The molecule has 0 heterocycles. The Morgan fingerprint density at radius 2 is 1.94 bits per heavy atom. The van der Waals surface area contributed by atoms with Crippen LogP contribution in [0.25, 0.3) is 0 Å². The average Bonchev–Trinajstić information content (AvgIpc) is 2.15. The summed E-state index contributed by atoms with van der Waals surface area (Å²) in [6.07, 6.45) is 4.60. The number of carbonyl (C=O) groups excluding carboxylic acids is 1. The highest BCUT2D eigenvalue weighted by molar-refractivity contribution is 5.87. The molecule has 0 spiro atoms. The smallest absolute Gasteiger partial charge is 0.243 e. The molecule has 1 N–H and O–H groups in total.